The molecule has 1 amide bonds. The topological polar surface area (TPSA) is 107 Å². The minimum absolute atomic E-state index is 0.0228. The number of benzene rings is 2. The summed E-state index contributed by atoms with van der Waals surface area (Å²) < 4.78 is 0. The molecule has 2 unspecified atom stereocenters. The van der Waals surface area contributed by atoms with E-state index in [1.54, 1.807) is 48.5 Å². The molecule has 0 bridgehead atoms. The molecule has 0 aromatic heterocycles. The van der Waals surface area contributed by atoms with Gasteiger partial charge in [0.05, 0.1) is 5.92 Å². The predicted octanol–water partition coefficient (Wildman–Crippen LogP) is 3.03. The number of fused-ring (bicyclic) bond motifs is 2. The van der Waals surface area contributed by atoms with Crippen molar-refractivity contribution in [1.82, 2.24) is 0 Å². The highest BCUT2D eigenvalue weighted by atomic mass is 16.1. The van der Waals surface area contributed by atoms with E-state index >= 15 is 0 Å². The molecule has 30 heavy (non-hydrogen) atoms. The highest BCUT2D eigenvalue weighted by Crippen LogP contribution is 2.46. The zero-order chi connectivity index (χ0) is 21.0. The van der Waals surface area contributed by atoms with E-state index in [9.17, 15) is 19.2 Å². The van der Waals surface area contributed by atoms with Crippen molar-refractivity contribution in [1.29, 1.82) is 0 Å². The van der Waals surface area contributed by atoms with E-state index in [-0.39, 0.29) is 28.6 Å². The molecular weight excluding hydrogens is 380 g/mol. The molecule has 1 saturated carbocycles. The second-order valence-corrected chi connectivity index (χ2v) is 7.83. The average molecular weight is 398 g/mol. The maximum atomic E-state index is 13.5. The minimum Gasteiger partial charge on any atom is -0.366 e. The molecule has 3 aliphatic rings. The summed E-state index contributed by atoms with van der Waals surface area (Å²) in [6.45, 7) is 0. The molecule has 0 saturated heterocycles. The van der Waals surface area contributed by atoms with Crippen LogP contribution in [0, 0.1) is 5.92 Å². The van der Waals surface area contributed by atoms with Crippen LogP contribution in [0.4, 0.5) is 0 Å². The first kappa shape index (κ1) is 18.4. The van der Waals surface area contributed by atoms with E-state index in [4.69, 9.17) is 5.73 Å². The fourth-order valence-corrected chi connectivity index (χ4v) is 4.75. The first-order valence-corrected chi connectivity index (χ1v) is 9.90. The van der Waals surface area contributed by atoms with Crippen molar-refractivity contribution in [3.8, 4) is 0 Å². The average Bonchev–Trinajstić information content (AvgIpc) is 2.76. The maximum absolute atomic E-state index is 13.5. The third kappa shape index (κ3) is 2.60. The smallest absolute Gasteiger partial charge is 0.248 e. The SMILES string of the molecule is NC(=O)c1ccc(C2C3=C(N=C4CCCC(=O)C42)C(=O)c2ccccc2C3=O)cc1. The molecule has 1 aliphatic heterocycles. The summed E-state index contributed by atoms with van der Waals surface area (Å²) in [6.07, 6.45) is 1.72. The molecule has 6 heteroatoms. The van der Waals surface area contributed by atoms with Crippen LogP contribution in [0.15, 0.2) is 64.8 Å². The number of aliphatic imine (C=N–C) groups is 1. The van der Waals surface area contributed by atoms with Gasteiger partial charge in [-0.15, -0.1) is 0 Å². The Kier molecular flexibility index (Phi) is 4.10. The van der Waals surface area contributed by atoms with Gasteiger partial charge in [0.15, 0.2) is 5.78 Å². The van der Waals surface area contributed by atoms with Crippen LogP contribution in [-0.2, 0) is 4.79 Å². The summed E-state index contributed by atoms with van der Waals surface area (Å²) in [5.74, 6) is -2.27. The van der Waals surface area contributed by atoms with Gasteiger partial charge in [-0.3, -0.25) is 24.2 Å². The summed E-state index contributed by atoms with van der Waals surface area (Å²) in [7, 11) is 0. The molecular formula is C24H18N2O4. The summed E-state index contributed by atoms with van der Waals surface area (Å²) >= 11 is 0. The minimum atomic E-state index is -0.605. The number of hydrogen-bond acceptors (Lipinski definition) is 5. The molecule has 5 rings (SSSR count). The second-order valence-electron chi connectivity index (χ2n) is 7.83. The first-order chi connectivity index (χ1) is 14.5. The van der Waals surface area contributed by atoms with Gasteiger partial charge in [-0.25, -0.2) is 0 Å². The van der Waals surface area contributed by atoms with Crippen molar-refractivity contribution < 1.29 is 19.2 Å². The number of ketones is 3. The first-order valence-electron chi connectivity index (χ1n) is 9.90. The van der Waals surface area contributed by atoms with Gasteiger partial charge in [-0.2, -0.15) is 0 Å². The number of carbonyl (C=O) groups is 4. The Labute approximate surface area is 172 Å². The van der Waals surface area contributed by atoms with Gasteiger partial charge in [-0.1, -0.05) is 36.4 Å². The Morgan fingerprint density at radius 1 is 0.867 bits per heavy atom. The van der Waals surface area contributed by atoms with Crippen molar-refractivity contribution in [2.75, 3.05) is 0 Å². The lowest BCUT2D eigenvalue weighted by atomic mass is 9.66. The van der Waals surface area contributed by atoms with Crippen molar-refractivity contribution in [3.63, 3.8) is 0 Å². The lowest BCUT2D eigenvalue weighted by molar-refractivity contribution is -0.121. The fourth-order valence-electron chi connectivity index (χ4n) is 4.75. The largest absolute Gasteiger partial charge is 0.366 e. The van der Waals surface area contributed by atoms with E-state index < -0.39 is 17.7 Å². The van der Waals surface area contributed by atoms with Crippen molar-refractivity contribution in [2.24, 2.45) is 16.6 Å². The molecule has 2 aliphatic carbocycles. The van der Waals surface area contributed by atoms with Crippen molar-refractivity contribution in [3.05, 3.63) is 82.1 Å². The zero-order valence-corrected chi connectivity index (χ0v) is 16.1. The molecule has 1 fully saturated rings. The molecule has 0 spiro atoms. The Morgan fingerprint density at radius 2 is 1.53 bits per heavy atom. The molecule has 0 radical (unpaired) electrons. The number of Topliss-reactive ketones (excluding diaryl/α,β-unsaturated/α-hetero) is 3. The quantitative estimate of drug-likeness (QED) is 0.839. The lowest BCUT2D eigenvalue weighted by Crippen LogP contribution is -2.41. The third-order valence-electron chi connectivity index (χ3n) is 6.15. The molecule has 1 heterocycles. The van der Waals surface area contributed by atoms with Crippen LogP contribution in [0.25, 0.3) is 0 Å². The van der Waals surface area contributed by atoms with E-state index in [1.807, 2.05) is 0 Å². The Hall–Kier alpha value is -3.67. The van der Waals surface area contributed by atoms with Crippen LogP contribution in [0.3, 0.4) is 0 Å². The van der Waals surface area contributed by atoms with Gasteiger partial charge >= 0.3 is 0 Å². The molecule has 2 aromatic rings. The Morgan fingerprint density at radius 3 is 2.20 bits per heavy atom. The van der Waals surface area contributed by atoms with Gasteiger partial charge in [0.1, 0.15) is 11.5 Å². The zero-order valence-electron chi connectivity index (χ0n) is 16.1. The predicted molar refractivity (Wildman–Crippen MR) is 110 cm³/mol. The molecule has 2 aromatic carbocycles. The normalized spacial score (nSPS) is 22.8. The fraction of sp³-hybridized carbons (Fsp3) is 0.208. The number of nitrogens with two attached hydrogens (primary N) is 1. The van der Waals surface area contributed by atoms with Crippen LogP contribution >= 0.6 is 0 Å². The second kappa shape index (κ2) is 6.69. The van der Waals surface area contributed by atoms with E-state index in [0.29, 0.717) is 47.2 Å². The molecule has 148 valence electrons. The van der Waals surface area contributed by atoms with Crippen molar-refractivity contribution in [2.45, 2.75) is 25.2 Å². The summed E-state index contributed by atoms with van der Waals surface area (Å²) in [5, 5.41) is 0. The summed E-state index contributed by atoms with van der Waals surface area (Å²) in [5.41, 5.74) is 8.14. The highest BCUT2D eigenvalue weighted by Gasteiger charge is 2.47. The van der Waals surface area contributed by atoms with Crippen LogP contribution in [0.5, 0.6) is 0 Å². The van der Waals surface area contributed by atoms with Crippen LogP contribution in [-0.4, -0.2) is 29.0 Å². The van der Waals surface area contributed by atoms with Gasteiger partial charge in [0.25, 0.3) is 0 Å². The van der Waals surface area contributed by atoms with Gasteiger partial charge < -0.3 is 5.73 Å². The third-order valence-corrected chi connectivity index (χ3v) is 6.15. The van der Waals surface area contributed by atoms with E-state index in [1.165, 1.54) is 0 Å². The summed E-state index contributed by atoms with van der Waals surface area (Å²) in [4.78, 5) is 55.6. The highest BCUT2D eigenvalue weighted by molar-refractivity contribution is 6.29. The van der Waals surface area contributed by atoms with Gasteiger partial charge in [0, 0.05) is 40.3 Å². The van der Waals surface area contributed by atoms with Crippen molar-refractivity contribution >= 4 is 29.0 Å². The Balaban J connectivity index is 1.73. The molecule has 2 N–H and O–H groups in total. The van der Waals surface area contributed by atoms with Crippen LogP contribution < -0.4 is 5.73 Å². The number of primary amides is 1. The standard InChI is InChI=1S/C24H18N2O4/c25-24(30)13-10-8-12(9-11-13)18-19-16(6-3-7-17(19)27)26-21-20(18)22(28)14-4-1-2-5-15(14)23(21)29/h1-2,4-5,8-11,18-19H,3,6-7H2,(H2,25,30). The number of nitrogens with zero attached hydrogens (tertiary/aromatic N) is 1. The Bertz CT molecular complexity index is 1200. The molecule has 6 nitrogen and oxygen atoms in total. The number of allylic oxidation sites excluding steroid dienone is 2. The monoisotopic (exact) mass is 398 g/mol. The van der Waals surface area contributed by atoms with Crippen LogP contribution in [0.1, 0.15) is 61.8 Å². The van der Waals surface area contributed by atoms with E-state index in [0.717, 1.165) is 0 Å². The number of hydrogen-bond donors (Lipinski definition) is 1. The number of rotatable bonds is 2. The molecule has 2 atom stereocenters. The number of carbonyl (C=O) groups excluding carboxylic acids is 4. The van der Waals surface area contributed by atoms with Gasteiger partial charge in [0.2, 0.25) is 11.7 Å². The number of amides is 1. The van der Waals surface area contributed by atoms with Crippen LogP contribution in [0.2, 0.25) is 0 Å². The van der Waals surface area contributed by atoms with E-state index in [2.05, 4.69) is 4.99 Å². The summed E-state index contributed by atoms with van der Waals surface area (Å²) in [6, 6.07) is 13.3. The lowest BCUT2D eigenvalue weighted by Gasteiger charge is -2.37. The maximum Gasteiger partial charge on any atom is 0.248 e. The van der Waals surface area contributed by atoms with Gasteiger partial charge in [-0.05, 0) is 30.5 Å².